The summed E-state index contributed by atoms with van der Waals surface area (Å²) in [5, 5.41) is 32.6. The van der Waals surface area contributed by atoms with Crippen LogP contribution in [0.3, 0.4) is 0 Å². The third kappa shape index (κ3) is 5.09. The lowest BCUT2D eigenvalue weighted by Gasteiger charge is -2.25. The Kier molecular flexibility index (Phi) is 6.66. The largest absolute Gasteiger partial charge is 0.390 e. The molecule has 0 radical (unpaired) electrons. The second-order valence-electron chi connectivity index (χ2n) is 9.05. The van der Waals surface area contributed by atoms with Crippen molar-refractivity contribution in [3.05, 3.63) is 53.3 Å². The van der Waals surface area contributed by atoms with Crippen LogP contribution in [-0.4, -0.2) is 49.8 Å². The summed E-state index contributed by atoms with van der Waals surface area (Å²) < 4.78 is 0. The molecule has 8 nitrogen and oxygen atoms in total. The molecule has 0 unspecified atom stereocenters. The molecule has 0 bridgehead atoms. The van der Waals surface area contributed by atoms with Crippen molar-refractivity contribution in [3.8, 4) is 27.8 Å². The highest BCUT2D eigenvalue weighted by Gasteiger charge is 2.35. The molecule has 0 aliphatic carbocycles. The number of aliphatic hydroxyl groups is 2. The summed E-state index contributed by atoms with van der Waals surface area (Å²) in [5.41, 5.74) is 3.20. The van der Waals surface area contributed by atoms with Crippen LogP contribution in [0.5, 0.6) is 0 Å². The fourth-order valence-corrected chi connectivity index (χ4v) is 5.11. The van der Waals surface area contributed by atoms with E-state index in [0.29, 0.717) is 35.2 Å². The Morgan fingerprint density at radius 3 is 2.76 bits per heavy atom. The van der Waals surface area contributed by atoms with Crippen LogP contribution in [-0.2, 0) is 6.61 Å². The number of nitrogens with zero attached hydrogens (tertiary/aromatic N) is 4. The minimum absolute atomic E-state index is 0.0195. The fourth-order valence-electron chi connectivity index (χ4n) is 4.14. The fraction of sp³-hybridized carbons (Fsp3) is 0.360. The molecule has 2 amide bonds. The Bertz CT molecular complexity index is 1260. The number of thiazole rings is 1. The van der Waals surface area contributed by atoms with Gasteiger partial charge in [-0.05, 0) is 57.0 Å². The normalized spacial score (nSPS) is 15.9. The summed E-state index contributed by atoms with van der Waals surface area (Å²) in [6.45, 7) is 6.26. The number of amides is 2. The SMILES string of the molecule is Cc1cc(-c2sc(NC(=O)N3CC[C@@H](C(C)(C)O)C3)nc2-c2cccc(C#N)c2)cc(CO)n1. The predicted molar refractivity (Wildman–Crippen MR) is 131 cm³/mol. The number of anilines is 1. The quantitative estimate of drug-likeness (QED) is 0.507. The van der Waals surface area contributed by atoms with E-state index in [9.17, 15) is 20.3 Å². The van der Waals surface area contributed by atoms with Crippen molar-refractivity contribution in [2.24, 2.45) is 5.92 Å². The van der Waals surface area contributed by atoms with Crippen LogP contribution in [0.25, 0.3) is 21.7 Å². The van der Waals surface area contributed by atoms with Crippen molar-refractivity contribution in [2.75, 3.05) is 18.4 Å². The van der Waals surface area contributed by atoms with Gasteiger partial charge in [-0.15, -0.1) is 0 Å². The minimum Gasteiger partial charge on any atom is -0.390 e. The minimum atomic E-state index is -0.841. The number of nitrogens with one attached hydrogen (secondary N) is 1. The van der Waals surface area contributed by atoms with Gasteiger partial charge in [0.2, 0.25) is 0 Å². The molecule has 2 aromatic heterocycles. The topological polar surface area (TPSA) is 122 Å². The first kappa shape index (κ1) is 23.8. The summed E-state index contributed by atoms with van der Waals surface area (Å²) in [6, 6.07) is 12.8. The first-order valence-corrected chi connectivity index (χ1v) is 11.9. The molecule has 1 saturated heterocycles. The molecule has 176 valence electrons. The van der Waals surface area contributed by atoms with Crippen LogP contribution in [0.4, 0.5) is 9.93 Å². The average molecular weight is 478 g/mol. The van der Waals surface area contributed by atoms with E-state index in [2.05, 4.69) is 16.4 Å². The number of rotatable bonds is 5. The number of aromatic nitrogens is 2. The van der Waals surface area contributed by atoms with Gasteiger partial charge in [0.05, 0.1) is 40.1 Å². The number of urea groups is 1. The van der Waals surface area contributed by atoms with Gasteiger partial charge >= 0.3 is 6.03 Å². The number of pyridine rings is 1. The van der Waals surface area contributed by atoms with Crippen LogP contribution in [0.15, 0.2) is 36.4 Å². The lowest BCUT2D eigenvalue weighted by Crippen LogP contribution is -2.37. The zero-order chi connectivity index (χ0) is 24.5. The summed E-state index contributed by atoms with van der Waals surface area (Å²) in [7, 11) is 0. The van der Waals surface area contributed by atoms with Crippen LogP contribution >= 0.6 is 11.3 Å². The van der Waals surface area contributed by atoms with Gasteiger partial charge in [0, 0.05) is 30.3 Å². The second kappa shape index (κ2) is 9.50. The molecule has 0 spiro atoms. The van der Waals surface area contributed by atoms with Gasteiger partial charge in [0.25, 0.3) is 0 Å². The Balaban J connectivity index is 1.69. The number of aryl methyl sites for hydroxylation is 1. The lowest BCUT2D eigenvalue weighted by molar-refractivity contribution is 0.0227. The smallest absolute Gasteiger partial charge is 0.323 e. The van der Waals surface area contributed by atoms with Gasteiger partial charge in [0.15, 0.2) is 5.13 Å². The zero-order valence-electron chi connectivity index (χ0n) is 19.4. The number of benzene rings is 1. The van der Waals surface area contributed by atoms with Crippen LogP contribution < -0.4 is 5.32 Å². The van der Waals surface area contributed by atoms with E-state index in [1.54, 1.807) is 43.0 Å². The molecule has 1 aliphatic rings. The maximum atomic E-state index is 12.9. The van der Waals surface area contributed by atoms with Gasteiger partial charge in [0.1, 0.15) is 0 Å². The van der Waals surface area contributed by atoms with E-state index in [4.69, 9.17) is 4.98 Å². The van der Waals surface area contributed by atoms with Gasteiger partial charge in [-0.1, -0.05) is 23.5 Å². The molecule has 1 aliphatic heterocycles. The highest BCUT2D eigenvalue weighted by molar-refractivity contribution is 7.19. The van der Waals surface area contributed by atoms with E-state index >= 15 is 0 Å². The standard InChI is InChI=1S/C25H27N5O3S/c1-15-9-18(11-20(14-31)27-15)22-21(17-6-4-5-16(10-17)12-26)28-23(34-22)29-24(32)30-8-7-19(13-30)25(2,3)33/h4-6,9-11,19,31,33H,7-8,13-14H2,1-3H3,(H,28,29,32)/t19-/m1/s1. The third-order valence-electron chi connectivity index (χ3n) is 6.01. The molecule has 4 rings (SSSR count). The number of aliphatic hydroxyl groups excluding tert-OH is 1. The zero-order valence-corrected chi connectivity index (χ0v) is 20.2. The van der Waals surface area contributed by atoms with Crippen molar-refractivity contribution in [2.45, 2.75) is 39.4 Å². The predicted octanol–water partition coefficient (Wildman–Crippen LogP) is 4.17. The second-order valence-corrected chi connectivity index (χ2v) is 10.1. The van der Waals surface area contributed by atoms with Gasteiger partial charge < -0.3 is 15.1 Å². The van der Waals surface area contributed by atoms with Crippen LogP contribution in [0, 0.1) is 24.2 Å². The van der Waals surface area contributed by atoms with Crippen molar-refractivity contribution in [1.29, 1.82) is 5.26 Å². The van der Waals surface area contributed by atoms with E-state index < -0.39 is 5.60 Å². The van der Waals surface area contributed by atoms with E-state index in [0.717, 1.165) is 28.1 Å². The number of carbonyl (C=O) groups is 1. The Morgan fingerprint density at radius 1 is 1.29 bits per heavy atom. The molecule has 0 saturated carbocycles. The maximum absolute atomic E-state index is 12.9. The summed E-state index contributed by atoms with van der Waals surface area (Å²) in [6.07, 6.45) is 0.743. The molecule has 1 aromatic carbocycles. The molecular formula is C25H27N5O3S. The Labute approximate surface area is 202 Å². The Hall–Kier alpha value is -3.32. The third-order valence-corrected chi connectivity index (χ3v) is 7.03. The number of hydrogen-bond acceptors (Lipinski definition) is 7. The van der Waals surface area contributed by atoms with Crippen molar-refractivity contribution in [3.63, 3.8) is 0 Å². The van der Waals surface area contributed by atoms with Crippen LogP contribution in [0.2, 0.25) is 0 Å². The Morgan fingerprint density at radius 2 is 2.09 bits per heavy atom. The molecule has 1 atom stereocenters. The summed E-state index contributed by atoms with van der Waals surface area (Å²) >= 11 is 1.33. The highest BCUT2D eigenvalue weighted by Crippen LogP contribution is 2.40. The molecular weight excluding hydrogens is 450 g/mol. The van der Waals surface area contributed by atoms with Gasteiger partial charge in [-0.25, -0.2) is 9.78 Å². The van der Waals surface area contributed by atoms with Crippen molar-refractivity contribution in [1.82, 2.24) is 14.9 Å². The number of hydrogen-bond donors (Lipinski definition) is 3. The summed E-state index contributed by atoms with van der Waals surface area (Å²) in [5.74, 6) is 0.0195. The number of nitriles is 1. The number of carbonyl (C=O) groups excluding carboxylic acids is 1. The van der Waals surface area contributed by atoms with Crippen molar-refractivity contribution < 1.29 is 15.0 Å². The lowest BCUT2D eigenvalue weighted by atomic mass is 9.91. The summed E-state index contributed by atoms with van der Waals surface area (Å²) in [4.78, 5) is 24.5. The number of likely N-dealkylation sites (tertiary alicyclic amines) is 1. The van der Waals surface area contributed by atoms with Crippen LogP contribution in [0.1, 0.15) is 37.2 Å². The average Bonchev–Trinajstić information content (AvgIpc) is 3.46. The van der Waals surface area contributed by atoms with E-state index in [1.807, 2.05) is 19.1 Å². The van der Waals surface area contributed by atoms with Gasteiger partial charge in [-0.3, -0.25) is 10.3 Å². The monoisotopic (exact) mass is 477 g/mol. The molecule has 1 fully saturated rings. The molecule has 3 heterocycles. The maximum Gasteiger partial charge on any atom is 0.323 e. The van der Waals surface area contributed by atoms with E-state index in [-0.39, 0.29) is 18.6 Å². The molecule has 34 heavy (non-hydrogen) atoms. The first-order chi connectivity index (χ1) is 16.2. The highest BCUT2D eigenvalue weighted by atomic mass is 32.1. The van der Waals surface area contributed by atoms with E-state index in [1.165, 1.54) is 11.3 Å². The molecule has 3 N–H and O–H groups in total. The molecule has 9 heteroatoms. The van der Waals surface area contributed by atoms with Gasteiger partial charge in [-0.2, -0.15) is 5.26 Å². The van der Waals surface area contributed by atoms with Crippen molar-refractivity contribution >= 4 is 22.5 Å². The molecule has 3 aromatic rings. The first-order valence-electron chi connectivity index (χ1n) is 11.1.